The number of amides is 1. The van der Waals surface area contributed by atoms with Crippen molar-refractivity contribution in [2.75, 3.05) is 23.3 Å². The summed E-state index contributed by atoms with van der Waals surface area (Å²) in [6, 6.07) is 14.7. The van der Waals surface area contributed by atoms with E-state index in [0.29, 0.717) is 11.3 Å². The van der Waals surface area contributed by atoms with Gasteiger partial charge >= 0.3 is 0 Å². The number of hydrogen-bond donors (Lipinski definition) is 1. The van der Waals surface area contributed by atoms with Crippen molar-refractivity contribution >= 4 is 23.1 Å². The number of para-hydroxylation sites is 2. The average Bonchev–Trinajstić information content (AvgIpc) is 2.69. The maximum atomic E-state index is 12.6. The summed E-state index contributed by atoms with van der Waals surface area (Å²) in [6.45, 7) is 5.27. The van der Waals surface area contributed by atoms with Gasteiger partial charge in [-0.25, -0.2) is 0 Å². The third kappa shape index (κ3) is 4.88. The minimum Gasteiger partial charge on any atom is -0.481 e. The Morgan fingerprint density at radius 2 is 1.67 bits per heavy atom. The number of ether oxygens (including phenoxy) is 1. The molecule has 27 heavy (non-hydrogen) atoms. The first-order chi connectivity index (χ1) is 13.0. The first-order valence-corrected chi connectivity index (χ1v) is 9.47. The van der Waals surface area contributed by atoms with Gasteiger partial charge in [-0.05, 0) is 69.5 Å². The number of nitrogens with one attached hydrogen (secondary N) is 1. The Labute approximate surface area is 160 Å². The quantitative estimate of drug-likeness (QED) is 0.775. The van der Waals surface area contributed by atoms with Gasteiger partial charge in [-0.3, -0.25) is 9.59 Å². The number of rotatable bonds is 6. The fraction of sp³-hybridized carbons (Fsp3) is 0.364. The van der Waals surface area contributed by atoms with E-state index in [2.05, 4.69) is 10.2 Å². The molecule has 1 saturated heterocycles. The third-order valence-electron chi connectivity index (χ3n) is 4.80. The number of ketones is 1. The molecule has 2 aromatic rings. The van der Waals surface area contributed by atoms with E-state index in [-0.39, 0.29) is 11.7 Å². The lowest BCUT2D eigenvalue weighted by atomic mass is 10.1. The summed E-state index contributed by atoms with van der Waals surface area (Å²) in [5, 5.41) is 3.00. The van der Waals surface area contributed by atoms with E-state index in [1.807, 2.05) is 24.3 Å². The monoisotopic (exact) mass is 366 g/mol. The smallest absolute Gasteiger partial charge is 0.265 e. The van der Waals surface area contributed by atoms with Crippen LogP contribution in [-0.2, 0) is 4.79 Å². The number of piperidine rings is 1. The normalized spacial score (nSPS) is 15.1. The Hall–Kier alpha value is -2.82. The second kappa shape index (κ2) is 8.71. The largest absolute Gasteiger partial charge is 0.481 e. The van der Waals surface area contributed by atoms with Gasteiger partial charge in [0.05, 0.1) is 11.4 Å². The average molecular weight is 366 g/mol. The molecule has 0 saturated carbocycles. The topological polar surface area (TPSA) is 58.6 Å². The van der Waals surface area contributed by atoms with Crippen LogP contribution in [0.4, 0.5) is 11.4 Å². The summed E-state index contributed by atoms with van der Waals surface area (Å²) < 4.78 is 5.73. The molecule has 1 aliphatic rings. The minimum absolute atomic E-state index is 0.00154. The molecule has 1 aliphatic heterocycles. The van der Waals surface area contributed by atoms with Gasteiger partial charge in [0.2, 0.25) is 0 Å². The second-order valence-corrected chi connectivity index (χ2v) is 6.89. The van der Waals surface area contributed by atoms with Crippen molar-refractivity contribution in [1.82, 2.24) is 0 Å². The molecule has 1 N–H and O–H groups in total. The highest BCUT2D eigenvalue weighted by molar-refractivity contribution is 5.97. The van der Waals surface area contributed by atoms with Crippen molar-refractivity contribution in [1.29, 1.82) is 0 Å². The SMILES string of the molecule is CC(=O)c1ccc(OC(C)C(=O)Nc2ccccc2N2CCCCC2)cc1. The fourth-order valence-corrected chi connectivity index (χ4v) is 3.25. The molecule has 1 heterocycles. The van der Waals surface area contributed by atoms with Crippen molar-refractivity contribution in [2.45, 2.75) is 39.2 Å². The van der Waals surface area contributed by atoms with Gasteiger partial charge in [-0.1, -0.05) is 12.1 Å². The van der Waals surface area contributed by atoms with Crippen LogP contribution in [0.1, 0.15) is 43.5 Å². The lowest BCUT2D eigenvalue weighted by Gasteiger charge is -2.30. The fourth-order valence-electron chi connectivity index (χ4n) is 3.25. The third-order valence-corrected chi connectivity index (χ3v) is 4.80. The first-order valence-electron chi connectivity index (χ1n) is 9.47. The van der Waals surface area contributed by atoms with Crippen LogP contribution in [0.5, 0.6) is 5.75 Å². The predicted octanol–water partition coefficient (Wildman–Crippen LogP) is 4.29. The zero-order chi connectivity index (χ0) is 19.2. The molecular weight excluding hydrogens is 340 g/mol. The standard InChI is InChI=1S/C22H26N2O3/c1-16(25)18-10-12-19(13-11-18)27-17(2)22(26)23-20-8-4-5-9-21(20)24-14-6-3-7-15-24/h4-5,8-13,17H,3,6-7,14-15H2,1-2H3,(H,23,26). The molecule has 1 fully saturated rings. The number of carbonyl (C=O) groups is 2. The molecule has 5 heteroatoms. The van der Waals surface area contributed by atoms with Crippen LogP contribution in [0.3, 0.4) is 0 Å². The van der Waals surface area contributed by atoms with E-state index in [9.17, 15) is 9.59 Å². The highest BCUT2D eigenvalue weighted by Crippen LogP contribution is 2.28. The molecule has 5 nitrogen and oxygen atoms in total. The highest BCUT2D eigenvalue weighted by Gasteiger charge is 2.19. The molecular formula is C22H26N2O3. The first kappa shape index (κ1) is 19.0. The summed E-state index contributed by atoms with van der Waals surface area (Å²) >= 11 is 0. The van der Waals surface area contributed by atoms with E-state index in [1.54, 1.807) is 31.2 Å². The van der Waals surface area contributed by atoms with Crippen LogP contribution in [-0.4, -0.2) is 30.9 Å². The molecule has 0 aliphatic carbocycles. The predicted molar refractivity (Wildman–Crippen MR) is 108 cm³/mol. The molecule has 0 bridgehead atoms. The van der Waals surface area contributed by atoms with Gasteiger partial charge in [-0.2, -0.15) is 0 Å². The van der Waals surface area contributed by atoms with Crippen LogP contribution in [0.25, 0.3) is 0 Å². The Morgan fingerprint density at radius 1 is 1.00 bits per heavy atom. The molecule has 1 amide bonds. The van der Waals surface area contributed by atoms with Crippen LogP contribution in [0.2, 0.25) is 0 Å². The number of anilines is 2. The van der Waals surface area contributed by atoms with Crippen LogP contribution in [0, 0.1) is 0 Å². The number of carbonyl (C=O) groups excluding carboxylic acids is 2. The number of Topliss-reactive ketones (excluding diaryl/α,β-unsaturated/α-hetero) is 1. The van der Waals surface area contributed by atoms with Gasteiger partial charge in [0.15, 0.2) is 11.9 Å². The summed E-state index contributed by atoms with van der Waals surface area (Å²) in [7, 11) is 0. The van der Waals surface area contributed by atoms with E-state index in [1.165, 1.54) is 26.2 Å². The number of benzene rings is 2. The van der Waals surface area contributed by atoms with E-state index < -0.39 is 6.10 Å². The van der Waals surface area contributed by atoms with Gasteiger partial charge in [0.25, 0.3) is 5.91 Å². The van der Waals surface area contributed by atoms with Crippen molar-refractivity contribution < 1.29 is 14.3 Å². The second-order valence-electron chi connectivity index (χ2n) is 6.89. The molecule has 0 spiro atoms. The summed E-state index contributed by atoms with van der Waals surface area (Å²) in [6.07, 6.45) is 2.97. The Bertz CT molecular complexity index is 795. The van der Waals surface area contributed by atoms with E-state index in [4.69, 9.17) is 4.74 Å². The Kier molecular flexibility index (Phi) is 6.12. The molecule has 3 rings (SSSR count). The van der Waals surface area contributed by atoms with Gasteiger partial charge < -0.3 is 15.0 Å². The molecule has 1 unspecified atom stereocenters. The Morgan fingerprint density at radius 3 is 2.33 bits per heavy atom. The van der Waals surface area contributed by atoms with Gasteiger partial charge in [0.1, 0.15) is 5.75 Å². The lowest BCUT2D eigenvalue weighted by Crippen LogP contribution is -2.33. The maximum absolute atomic E-state index is 12.6. The minimum atomic E-state index is -0.650. The summed E-state index contributed by atoms with van der Waals surface area (Å²) in [4.78, 5) is 26.3. The van der Waals surface area contributed by atoms with Crippen molar-refractivity contribution in [2.24, 2.45) is 0 Å². The van der Waals surface area contributed by atoms with Crippen molar-refractivity contribution in [3.05, 3.63) is 54.1 Å². The highest BCUT2D eigenvalue weighted by atomic mass is 16.5. The van der Waals surface area contributed by atoms with Crippen molar-refractivity contribution in [3.63, 3.8) is 0 Å². The van der Waals surface area contributed by atoms with Crippen LogP contribution < -0.4 is 15.0 Å². The zero-order valence-corrected chi connectivity index (χ0v) is 15.9. The lowest BCUT2D eigenvalue weighted by molar-refractivity contribution is -0.122. The molecule has 1 atom stereocenters. The zero-order valence-electron chi connectivity index (χ0n) is 15.9. The summed E-state index contributed by atoms with van der Waals surface area (Å²) in [5.41, 5.74) is 2.49. The molecule has 0 radical (unpaired) electrons. The van der Waals surface area contributed by atoms with E-state index in [0.717, 1.165) is 24.5 Å². The summed E-state index contributed by atoms with van der Waals surface area (Å²) in [5.74, 6) is 0.365. The van der Waals surface area contributed by atoms with E-state index >= 15 is 0 Å². The number of hydrogen-bond acceptors (Lipinski definition) is 4. The van der Waals surface area contributed by atoms with Gasteiger partial charge in [-0.15, -0.1) is 0 Å². The van der Waals surface area contributed by atoms with Gasteiger partial charge in [0, 0.05) is 18.7 Å². The van der Waals surface area contributed by atoms with Crippen LogP contribution in [0.15, 0.2) is 48.5 Å². The molecule has 2 aromatic carbocycles. The maximum Gasteiger partial charge on any atom is 0.265 e. The van der Waals surface area contributed by atoms with Crippen LogP contribution >= 0.6 is 0 Å². The molecule has 0 aromatic heterocycles. The van der Waals surface area contributed by atoms with Crippen molar-refractivity contribution in [3.8, 4) is 5.75 Å². The molecule has 142 valence electrons. The number of nitrogens with zero attached hydrogens (tertiary/aromatic N) is 1. The Balaban J connectivity index is 1.65.